The van der Waals surface area contributed by atoms with E-state index in [1.54, 1.807) is 10.9 Å². The molecule has 23 heavy (non-hydrogen) atoms. The van der Waals surface area contributed by atoms with Crippen molar-refractivity contribution < 1.29 is 14.3 Å². The van der Waals surface area contributed by atoms with Crippen molar-refractivity contribution in [2.75, 3.05) is 19.8 Å². The second-order valence-corrected chi connectivity index (χ2v) is 5.38. The summed E-state index contributed by atoms with van der Waals surface area (Å²) in [5.41, 5.74) is 0.308. The van der Waals surface area contributed by atoms with Gasteiger partial charge in [-0.2, -0.15) is 0 Å². The highest BCUT2D eigenvalue weighted by molar-refractivity contribution is 5.91. The number of nitrogens with one attached hydrogen (secondary N) is 1. The molecule has 1 N–H and O–H groups in total. The van der Waals surface area contributed by atoms with Crippen LogP contribution in [0.4, 0.5) is 0 Å². The van der Waals surface area contributed by atoms with Crippen LogP contribution >= 0.6 is 0 Å². The lowest BCUT2D eigenvalue weighted by molar-refractivity contribution is 0.0928. The molecule has 2 heterocycles. The van der Waals surface area contributed by atoms with Crippen molar-refractivity contribution in [2.24, 2.45) is 0 Å². The molecule has 3 rings (SSSR count). The van der Waals surface area contributed by atoms with Gasteiger partial charge in [-0.1, -0.05) is 23.4 Å². The Morgan fingerprint density at radius 2 is 2.26 bits per heavy atom. The van der Waals surface area contributed by atoms with Crippen molar-refractivity contribution in [1.82, 2.24) is 20.3 Å². The molecule has 0 radical (unpaired) electrons. The third kappa shape index (κ3) is 4.53. The van der Waals surface area contributed by atoms with Gasteiger partial charge in [-0.3, -0.25) is 4.79 Å². The quantitative estimate of drug-likeness (QED) is 0.778. The minimum absolute atomic E-state index is 0.173. The van der Waals surface area contributed by atoms with Crippen LogP contribution in [0, 0.1) is 0 Å². The Balaban J connectivity index is 1.40. The van der Waals surface area contributed by atoms with Gasteiger partial charge < -0.3 is 14.8 Å². The maximum atomic E-state index is 12.0. The van der Waals surface area contributed by atoms with Crippen LogP contribution in [-0.4, -0.2) is 46.8 Å². The fraction of sp³-hybridized carbons (Fsp3) is 0.438. The monoisotopic (exact) mass is 316 g/mol. The van der Waals surface area contributed by atoms with Crippen LogP contribution in [0.3, 0.4) is 0 Å². The van der Waals surface area contributed by atoms with Crippen LogP contribution in [0.2, 0.25) is 0 Å². The number of rotatable bonds is 7. The van der Waals surface area contributed by atoms with Gasteiger partial charge in [0.15, 0.2) is 5.69 Å². The molecule has 0 bridgehead atoms. The molecule has 1 amide bonds. The lowest BCUT2D eigenvalue weighted by Gasteiger charge is -2.07. The van der Waals surface area contributed by atoms with Gasteiger partial charge in [0, 0.05) is 6.61 Å². The zero-order valence-corrected chi connectivity index (χ0v) is 12.9. The predicted molar refractivity (Wildman–Crippen MR) is 83.3 cm³/mol. The van der Waals surface area contributed by atoms with Crippen LogP contribution in [-0.2, 0) is 11.3 Å². The summed E-state index contributed by atoms with van der Waals surface area (Å²) < 4.78 is 12.7. The van der Waals surface area contributed by atoms with Gasteiger partial charge in [-0.25, -0.2) is 4.68 Å². The number of hydrogen-bond acceptors (Lipinski definition) is 5. The van der Waals surface area contributed by atoms with Crippen molar-refractivity contribution in [3.05, 3.63) is 42.2 Å². The Bertz CT molecular complexity index is 623. The third-order valence-electron chi connectivity index (χ3n) is 3.59. The number of benzene rings is 1. The van der Waals surface area contributed by atoms with Gasteiger partial charge in [0.05, 0.1) is 25.4 Å². The van der Waals surface area contributed by atoms with Crippen LogP contribution in [0.25, 0.3) is 0 Å². The zero-order valence-electron chi connectivity index (χ0n) is 12.9. The highest BCUT2D eigenvalue weighted by atomic mass is 16.5. The predicted octanol–water partition coefficient (Wildman–Crippen LogP) is 1.27. The molecule has 1 unspecified atom stereocenters. The van der Waals surface area contributed by atoms with Crippen molar-refractivity contribution >= 4 is 5.91 Å². The molecule has 1 aliphatic rings. The summed E-state index contributed by atoms with van der Waals surface area (Å²) in [7, 11) is 0. The van der Waals surface area contributed by atoms with E-state index in [1.165, 1.54) is 0 Å². The van der Waals surface area contributed by atoms with E-state index in [0.717, 1.165) is 25.2 Å². The Kier molecular flexibility index (Phi) is 5.21. The van der Waals surface area contributed by atoms with Gasteiger partial charge in [-0.15, -0.1) is 5.10 Å². The van der Waals surface area contributed by atoms with Crippen molar-refractivity contribution in [2.45, 2.75) is 25.5 Å². The third-order valence-corrected chi connectivity index (χ3v) is 3.59. The SMILES string of the molecule is O=C(NCCOc1ccccc1)c1cn(CC2CCCO2)nn1. The highest BCUT2D eigenvalue weighted by Gasteiger charge is 2.18. The second-order valence-electron chi connectivity index (χ2n) is 5.38. The molecular formula is C16H20N4O3. The first-order chi connectivity index (χ1) is 11.3. The van der Waals surface area contributed by atoms with E-state index in [9.17, 15) is 4.79 Å². The largest absolute Gasteiger partial charge is 0.492 e. The highest BCUT2D eigenvalue weighted by Crippen LogP contribution is 2.13. The van der Waals surface area contributed by atoms with E-state index in [0.29, 0.717) is 25.4 Å². The van der Waals surface area contributed by atoms with Crippen LogP contribution < -0.4 is 10.1 Å². The minimum atomic E-state index is -0.250. The average molecular weight is 316 g/mol. The maximum absolute atomic E-state index is 12.0. The van der Waals surface area contributed by atoms with E-state index >= 15 is 0 Å². The lowest BCUT2D eigenvalue weighted by Crippen LogP contribution is -2.28. The van der Waals surface area contributed by atoms with Gasteiger partial charge >= 0.3 is 0 Å². The van der Waals surface area contributed by atoms with Crippen LogP contribution in [0.1, 0.15) is 23.3 Å². The first-order valence-corrected chi connectivity index (χ1v) is 7.79. The summed E-state index contributed by atoms with van der Waals surface area (Å²) >= 11 is 0. The first-order valence-electron chi connectivity index (χ1n) is 7.79. The standard InChI is InChI=1S/C16H20N4O3/c21-16(17-8-10-23-13-5-2-1-3-6-13)15-12-20(19-18-15)11-14-7-4-9-22-14/h1-3,5-6,12,14H,4,7-11H2,(H,17,21). The number of ether oxygens (including phenoxy) is 2. The van der Waals surface area contributed by atoms with Crippen molar-refractivity contribution in [3.8, 4) is 5.75 Å². The summed E-state index contributed by atoms with van der Waals surface area (Å²) in [4.78, 5) is 12.0. The summed E-state index contributed by atoms with van der Waals surface area (Å²) in [5, 5.41) is 10.6. The van der Waals surface area contributed by atoms with E-state index in [1.807, 2.05) is 30.3 Å². The molecule has 0 saturated carbocycles. The molecule has 7 nitrogen and oxygen atoms in total. The lowest BCUT2D eigenvalue weighted by atomic mass is 10.2. The van der Waals surface area contributed by atoms with Gasteiger partial charge in [0.25, 0.3) is 5.91 Å². The van der Waals surface area contributed by atoms with Gasteiger partial charge in [-0.05, 0) is 25.0 Å². The minimum Gasteiger partial charge on any atom is -0.492 e. The van der Waals surface area contributed by atoms with Crippen LogP contribution in [0.5, 0.6) is 5.75 Å². The number of para-hydroxylation sites is 1. The number of hydrogen-bond donors (Lipinski definition) is 1. The number of carbonyl (C=O) groups excluding carboxylic acids is 1. The first kappa shape index (κ1) is 15.5. The smallest absolute Gasteiger partial charge is 0.273 e. The molecule has 0 aliphatic carbocycles. The fourth-order valence-electron chi connectivity index (χ4n) is 2.43. The summed E-state index contributed by atoms with van der Waals surface area (Å²) in [6, 6.07) is 9.48. The molecule has 1 aromatic heterocycles. The average Bonchev–Trinajstić information content (AvgIpc) is 3.25. The number of carbonyl (C=O) groups is 1. The molecule has 1 saturated heterocycles. The van der Waals surface area contributed by atoms with E-state index in [-0.39, 0.29) is 12.0 Å². The number of amides is 1. The summed E-state index contributed by atoms with van der Waals surface area (Å²) in [5.74, 6) is 0.532. The molecule has 2 aromatic rings. The molecule has 1 fully saturated rings. The number of aromatic nitrogens is 3. The molecule has 1 atom stereocenters. The molecular weight excluding hydrogens is 296 g/mol. The summed E-state index contributed by atoms with van der Waals surface area (Å²) in [6.07, 6.45) is 3.92. The van der Waals surface area contributed by atoms with E-state index in [4.69, 9.17) is 9.47 Å². The van der Waals surface area contributed by atoms with Crippen molar-refractivity contribution in [1.29, 1.82) is 0 Å². The normalized spacial score (nSPS) is 17.1. The zero-order chi connectivity index (χ0) is 15.9. The Labute approximate surface area is 134 Å². The Morgan fingerprint density at radius 3 is 3.04 bits per heavy atom. The van der Waals surface area contributed by atoms with E-state index in [2.05, 4.69) is 15.6 Å². The van der Waals surface area contributed by atoms with Gasteiger partial charge in [0.1, 0.15) is 12.4 Å². The molecule has 0 spiro atoms. The Hall–Kier alpha value is -2.41. The second kappa shape index (κ2) is 7.73. The molecule has 1 aromatic carbocycles. The number of nitrogens with zero attached hydrogens (tertiary/aromatic N) is 3. The van der Waals surface area contributed by atoms with E-state index < -0.39 is 0 Å². The van der Waals surface area contributed by atoms with Crippen LogP contribution in [0.15, 0.2) is 36.5 Å². The maximum Gasteiger partial charge on any atom is 0.273 e. The Morgan fingerprint density at radius 1 is 1.39 bits per heavy atom. The van der Waals surface area contributed by atoms with Crippen molar-refractivity contribution in [3.63, 3.8) is 0 Å². The van der Waals surface area contributed by atoms with Gasteiger partial charge in [0.2, 0.25) is 0 Å². The fourth-order valence-corrected chi connectivity index (χ4v) is 2.43. The molecule has 1 aliphatic heterocycles. The summed E-state index contributed by atoms with van der Waals surface area (Å²) in [6.45, 7) is 2.25. The molecule has 122 valence electrons. The topological polar surface area (TPSA) is 78.3 Å². The molecule has 7 heteroatoms.